The highest BCUT2D eigenvalue weighted by molar-refractivity contribution is 5.85. The van der Waals surface area contributed by atoms with E-state index < -0.39 is 22.8 Å². The molecule has 0 amide bonds. The minimum absolute atomic E-state index is 0.221. The third-order valence-corrected chi connectivity index (χ3v) is 3.58. The van der Waals surface area contributed by atoms with E-state index in [1.54, 1.807) is 0 Å². The largest absolute Gasteiger partial charge is 0.503 e. The average Bonchev–Trinajstić information content (AvgIpc) is 2.59. The van der Waals surface area contributed by atoms with Gasteiger partial charge in [0.05, 0.1) is 12.7 Å². The maximum atomic E-state index is 11.6. The smallest absolute Gasteiger partial charge is 0.360 e. The third-order valence-electron chi connectivity index (χ3n) is 3.58. The topological polar surface area (TPSA) is 92.4 Å². The van der Waals surface area contributed by atoms with Crippen molar-refractivity contribution in [1.82, 2.24) is 9.78 Å². The summed E-state index contributed by atoms with van der Waals surface area (Å²) >= 11 is 0. The molecule has 0 spiro atoms. The van der Waals surface area contributed by atoms with Crippen LogP contribution in [0.2, 0.25) is 0 Å². The Balaban J connectivity index is 2.05. The standard InChI is InChI=1S/C18H14N2O4/c21-15-11-20(19-16(17(15)22)18(23)24)10-13-8-4-5-9-14(13)12-6-2-1-3-7-12/h1-9,11,21H,10H2,(H,23,24). The molecule has 2 N–H and O–H groups in total. The summed E-state index contributed by atoms with van der Waals surface area (Å²) in [5.41, 5.74) is 1.17. The first kappa shape index (κ1) is 15.5. The van der Waals surface area contributed by atoms with Gasteiger partial charge < -0.3 is 10.2 Å². The fourth-order valence-corrected chi connectivity index (χ4v) is 2.48. The zero-order valence-electron chi connectivity index (χ0n) is 12.6. The van der Waals surface area contributed by atoms with Gasteiger partial charge in [-0.25, -0.2) is 4.79 Å². The second kappa shape index (κ2) is 6.37. The molecular weight excluding hydrogens is 308 g/mol. The molecule has 0 bridgehead atoms. The predicted octanol–water partition coefficient (Wildman–Crippen LogP) is 2.36. The number of aromatic nitrogens is 2. The number of nitrogens with zero attached hydrogens (tertiary/aromatic N) is 2. The average molecular weight is 322 g/mol. The van der Waals surface area contributed by atoms with Gasteiger partial charge in [0.2, 0.25) is 5.69 Å². The second-order valence-electron chi connectivity index (χ2n) is 5.22. The molecule has 1 aromatic heterocycles. The lowest BCUT2D eigenvalue weighted by atomic mass is 10.00. The molecule has 0 aliphatic rings. The van der Waals surface area contributed by atoms with Gasteiger partial charge >= 0.3 is 5.97 Å². The normalized spacial score (nSPS) is 10.5. The van der Waals surface area contributed by atoms with Crippen LogP contribution in [0, 0.1) is 0 Å². The van der Waals surface area contributed by atoms with E-state index >= 15 is 0 Å². The molecule has 0 saturated heterocycles. The maximum absolute atomic E-state index is 11.6. The highest BCUT2D eigenvalue weighted by Gasteiger charge is 2.16. The van der Waals surface area contributed by atoms with Crippen LogP contribution < -0.4 is 5.43 Å². The Hall–Kier alpha value is -3.41. The Bertz CT molecular complexity index is 949. The molecule has 0 aliphatic heterocycles. The van der Waals surface area contributed by atoms with Crippen LogP contribution in [0.4, 0.5) is 0 Å². The first-order valence-electron chi connectivity index (χ1n) is 7.23. The van der Waals surface area contributed by atoms with E-state index in [0.717, 1.165) is 22.9 Å². The van der Waals surface area contributed by atoms with Crippen molar-refractivity contribution in [3.05, 3.63) is 82.3 Å². The zero-order valence-corrected chi connectivity index (χ0v) is 12.6. The van der Waals surface area contributed by atoms with Crippen LogP contribution in [0.25, 0.3) is 11.1 Å². The van der Waals surface area contributed by atoms with Crippen LogP contribution in [0.1, 0.15) is 16.1 Å². The first-order chi connectivity index (χ1) is 11.6. The van der Waals surface area contributed by atoms with Gasteiger partial charge in [0, 0.05) is 0 Å². The van der Waals surface area contributed by atoms with Gasteiger partial charge in [0.1, 0.15) is 0 Å². The van der Waals surface area contributed by atoms with Crippen molar-refractivity contribution in [3.63, 3.8) is 0 Å². The van der Waals surface area contributed by atoms with Gasteiger partial charge in [-0.1, -0.05) is 54.6 Å². The number of benzene rings is 2. The van der Waals surface area contributed by atoms with E-state index in [0.29, 0.717) is 0 Å². The summed E-state index contributed by atoms with van der Waals surface area (Å²) in [6.07, 6.45) is 1.14. The van der Waals surface area contributed by atoms with Crippen LogP contribution in [0.5, 0.6) is 5.75 Å². The van der Waals surface area contributed by atoms with E-state index in [9.17, 15) is 14.7 Å². The SMILES string of the molecule is O=C(O)c1nn(Cc2ccccc2-c2ccccc2)cc(O)c1=O. The lowest BCUT2D eigenvalue weighted by Gasteiger charge is -2.12. The molecule has 6 heteroatoms. The van der Waals surface area contributed by atoms with Gasteiger partial charge in [-0.2, -0.15) is 5.10 Å². The van der Waals surface area contributed by atoms with Gasteiger partial charge in [-0.15, -0.1) is 0 Å². The van der Waals surface area contributed by atoms with E-state index in [2.05, 4.69) is 5.10 Å². The highest BCUT2D eigenvalue weighted by atomic mass is 16.4. The number of hydrogen-bond acceptors (Lipinski definition) is 4. The molecule has 0 radical (unpaired) electrons. The predicted molar refractivity (Wildman–Crippen MR) is 88.1 cm³/mol. The fraction of sp³-hybridized carbons (Fsp3) is 0.0556. The van der Waals surface area contributed by atoms with Crippen molar-refractivity contribution >= 4 is 5.97 Å². The van der Waals surface area contributed by atoms with E-state index in [1.807, 2.05) is 54.6 Å². The summed E-state index contributed by atoms with van der Waals surface area (Å²) < 4.78 is 1.25. The van der Waals surface area contributed by atoms with Crippen LogP contribution in [-0.4, -0.2) is 26.0 Å². The Morgan fingerprint density at radius 1 is 1.04 bits per heavy atom. The molecule has 0 unspecified atom stereocenters. The number of aromatic hydroxyl groups is 1. The van der Waals surface area contributed by atoms with Crippen LogP contribution in [0.3, 0.4) is 0 Å². The third kappa shape index (κ3) is 3.03. The van der Waals surface area contributed by atoms with Crippen LogP contribution in [0.15, 0.2) is 65.6 Å². The first-order valence-corrected chi connectivity index (χ1v) is 7.23. The van der Waals surface area contributed by atoms with E-state index in [1.165, 1.54) is 4.68 Å². The van der Waals surface area contributed by atoms with Gasteiger partial charge in [-0.3, -0.25) is 9.48 Å². The molecule has 3 rings (SSSR count). The van der Waals surface area contributed by atoms with Crippen molar-refractivity contribution in [1.29, 1.82) is 0 Å². The van der Waals surface area contributed by atoms with Crippen LogP contribution >= 0.6 is 0 Å². The Kier molecular flexibility index (Phi) is 4.11. The van der Waals surface area contributed by atoms with Crippen molar-refractivity contribution in [2.24, 2.45) is 0 Å². The Morgan fingerprint density at radius 2 is 1.71 bits per heavy atom. The molecule has 0 atom stereocenters. The van der Waals surface area contributed by atoms with Crippen molar-refractivity contribution < 1.29 is 15.0 Å². The summed E-state index contributed by atoms with van der Waals surface area (Å²) in [5, 5.41) is 22.5. The van der Waals surface area contributed by atoms with Crippen molar-refractivity contribution in [2.75, 3.05) is 0 Å². The second-order valence-corrected chi connectivity index (χ2v) is 5.22. The monoisotopic (exact) mass is 322 g/mol. The highest BCUT2D eigenvalue weighted by Crippen LogP contribution is 2.24. The molecule has 3 aromatic rings. The molecule has 24 heavy (non-hydrogen) atoms. The summed E-state index contributed by atoms with van der Waals surface area (Å²) in [6.45, 7) is 0.221. The molecule has 0 fully saturated rings. The minimum Gasteiger partial charge on any atom is -0.503 e. The molecule has 6 nitrogen and oxygen atoms in total. The molecular formula is C18H14N2O4. The Labute approximate surface area is 137 Å². The number of carboxylic acid groups (broad SMARTS) is 1. The minimum atomic E-state index is -1.47. The molecule has 0 saturated carbocycles. The van der Waals surface area contributed by atoms with E-state index in [-0.39, 0.29) is 6.54 Å². The van der Waals surface area contributed by atoms with E-state index in [4.69, 9.17) is 5.11 Å². The number of aromatic carboxylic acids is 1. The molecule has 0 aliphatic carbocycles. The van der Waals surface area contributed by atoms with Crippen LogP contribution in [-0.2, 0) is 6.54 Å². The summed E-state index contributed by atoms with van der Waals surface area (Å²) in [7, 11) is 0. The lowest BCUT2D eigenvalue weighted by molar-refractivity contribution is 0.0685. The van der Waals surface area contributed by atoms with Gasteiger partial charge in [0.15, 0.2) is 5.75 Å². The molecule has 1 heterocycles. The number of carbonyl (C=O) groups is 1. The fourth-order valence-electron chi connectivity index (χ4n) is 2.48. The summed E-state index contributed by atoms with van der Waals surface area (Å²) in [4.78, 5) is 22.7. The molecule has 120 valence electrons. The lowest BCUT2D eigenvalue weighted by Crippen LogP contribution is -2.22. The maximum Gasteiger partial charge on any atom is 0.360 e. The quantitative estimate of drug-likeness (QED) is 0.769. The summed E-state index contributed by atoms with van der Waals surface area (Å²) in [6, 6.07) is 17.3. The summed E-state index contributed by atoms with van der Waals surface area (Å²) in [5.74, 6) is -2.11. The molecule has 2 aromatic carbocycles. The number of carboxylic acids is 1. The van der Waals surface area contributed by atoms with Crippen molar-refractivity contribution in [2.45, 2.75) is 6.54 Å². The van der Waals surface area contributed by atoms with Gasteiger partial charge in [0.25, 0.3) is 5.43 Å². The van der Waals surface area contributed by atoms with Gasteiger partial charge in [-0.05, 0) is 16.7 Å². The zero-order chi connectivity index (χ0) is 17.1. The van der Waals surface area contributed by atoms with Crippen molar-refractivity contribution in [3.8, 4) is 16.9 Å². The Morgan fingerprint density at radius 3 is 2.42 bits per heavy atom. The number of rotatable bonds is 4. The number of hydrogen-bond donors (Lipinski definition) is 2.